The zero-order valence-electron chi connectivity index (χ0n) is 19.3. The van der Waals surface area contributed by atoms with Gasteiger partial charge in [0.1, 0.15) is 11.1 Å². The van der Waals surface area contributed by atoms with Gasteiger partial charge in [0.25, 0.3) is 11.8 Å². The molecule has 0 radical (unpaired) electrons. The molecule has 3 aliphatic rings. The third-order valence-electron chi connectivity index (χ3n) is 6.38. The van der Waals surface area contributed by atoms with Crippen molar-refractivity contribution in [2.75, 3.05) is 18.4 Å². The molecule has 1 unspecified atom stereocenters. The van der Waals surface area contributed by atoms with Crippen molar-refractivity contribution in [3.63, 3.8) is 0 Å². The highest BCUT2D eigenvalue weighted by Crippen LogP contribution is 2.31. The number of aliphatic imine (C=N–C) groups is 1. The Hall–Kier alpha value is -3.20. The van der Waals surface area contributed by atoms with Crippen LogP contribution in [0, 0.1) is 5.82 Å². The first-order chi connectivity index (χ1) is 17.0. The van der Waals surface area contributed by atoms with E-state index in [4.69, 9.17) is 0 Å². The summed E-state index contributed by atoms with van der Waals surface area (Å²) in [6.45, 7) is 2.17. The van der Waals surface area contributed by atoms with Crippen LogP contribution >= 0.6 is 11.8 Å². The largest absolute Gasteiger partial charge is 0.351 e. The Morgan fingerprint density at radius 2 is 1.86 bits per heavy atom. The normalized spacial score (nSPS) is 19.6. The Kier molecular flexibility index (Phi) is 6.86. The third kappa shape index (κ3) is 5.73. The number of halogens is 1. The highest BCUT2D eigenvalue weighted by Gasteiger charge is 2.34. The minimum absolute atomic E-state index is 0.0497. The Bertz CT molecular complexity index is 1160. The monoisotopic (exact) mass is 494 g/mol. The standard InChI is InChI=1S/C26H27FN4O3S/c27-19-5-3-4-17(14-19)16-31(21-10-11-21)25(34)18-6-8-20(9-7-18)28-23(32)15-22-24(33)29-26(35-22)30-12-1-2-13-30/h3-9,14,21-22H,1-2,10-13,15-16H2,(H,28,32). The molecule has 1 N–H and O–H groups in total. The summed E-state index contributed by atoms with van der Waals surface area (Å²) in [5.74, 6) is -0.957. The van der Waals surface area contributed by atoms with E-state index in [0.29, 0.717) is 17.8 Å². The zero-order valence-corrected chi connectivity index (χ0v) is 20.1. The molecule has 2 aromatic rings. The average Bonchev–Trinajstić information content (AvgIpc) is 3.40. The van der Waals surface area contributed by atoms with Crippen LogP contribution in [0.15, 0.2) is 53.5 Å². The van der Waals surface area contributed by atoms with Crippen LogP contribution in [-0.2, 0) is 16.1 Å². The van der Waals surface area contributed by atoms with Gasteiger partial charge in [-0.2, -0.15) is 4.99 Å². The predicted molar refractivity (Wildman–Crippen MR) is 134 cm³/mol. The molecule has 1 saturated heterocycles. The van der Waals surface area contributed by atoms with Crippen LogP contribution in [-0.4, -0.2) is 57.1 Å². The summed E-state index contributed by atoms with van der Waals surface area (Å²) in [6.07, 6.45) is 4.13. The van der Waals surface area contributed by atoms with Gasteiger partial charge in [-0.1, -0.05) is 23.9 Å². The molecule has 2 fully saturated rings. The van der Waals surface area contributed by atoms with Gasteiger partial charge in [-0.3, -0.25) is 14.4 Å². The van der Waals surface area contributed by atoms with Gasteiger partial charge in [-0.05, 0) is 67.6 Å². The van der Waals surface area contributed by atoms with Gasteiger partial charge in [-0.15, -0.1) is 0 Å². The third-order valence-corrected chi connectivity index (χ3v) is 7.60. The second-order valence-corrected chi connectivity index (χ2v) is 10.3. The van der Waals surface area contributed by atoms with E-state index in [1.165, 1.54) is 23.9 Å². The van der Waals surface area contributed by atoms with Gasteiger partial charge in [0.05, 0.1) is 0 Å². The van der Waals surface area contributed by atoms with E-state index < -0.39 is 5.25 Å². The maximum absolute atomic E-state index is 13.6. The molecular weight excluding hydrogens is 467 g/mol. The number of carbonyl (C=O) groups is 3. The lowest BCUT2D eigenvalue weighted by molar-refractivity contribution is -0.121. The lowest BCUT2D eigenvalue weighted by Gasteiger charge is -2.23. The van der Waals surface area contributed by atoms with Crippen LogP contribution in [0.5, 0.6) is 0 Å². The summed E-state index contributed by atoms with van der Waals surface area (Å²) in [4.78, 5) is 46.0. The SMILES string of the molecule is O=C(CC1SC(N2CCCC2)=NC1=O)Nc1ccc(C(=O)N(Cc2cccc(F)c2)C2CC2)cc1. The van der Waals surface area contributed by atoms with Crippen molar-refractivity contribution in [2.45, 2.75) is 49.9 Å². The smallest absolute Gasteiger partial charge is 0.262 e. The fourth-order valence-electron chi connectivity index (χ4n) is 4.38. The van der Waals surface area contributed by atoms with Crippen LogP contribution in [0.3, 0.4) is 0 Å². The fourth-order valence-corrected chi connectivity index (χ4v) is 5.50. The van der Waals surface area contributed by atoms with Crippen LogP contribution in [0.1, 0.15) is 48.0 Å². The van der Waals surface area contributed by atoms with Crippen molar-refractivity contribution in [3.05, 3.63) is 65.5 Å². The molecular formula is C26H27FN4O3S. The fraction of sp³-hybridized carbons (Fsp3) is 0.385. The number of amidine groups is 1. The van der Waals surface area contributed by atoms with Crippen molar-refractivity contribution >= 4 is 40.3 Å². The number of anilines is 1. The number of thioether (sulfide) groups is 1. The Balaban J connectivity index is 1.16. The average molecular weight is 495 g/mol. The second-order valence-electron chi connectivity index (χ2n) is 9.16. The summed E-state index contributed by atoms with van der Waals surface area (Å²) in [6, 6.07) is 13.2. The van der Waals surface area contributed by atoms with Gasteiger partial charge in [-0.25, -0.2) is 4.39 Å². The van der Waals surface area contributed by atoms with E-state index in [1.807, 2.05) is 6.07 Å². The lowest BCUT2D eigenvalue weighted by Crippen LogP contribution is -2.32. The summed E-state index contributed by atoms with van der Waals surface area (Å²) in [5.41, 5.74) is 1.83. The number of nitrogens with zero attached hydrogens (tertiary/aromatic N) is 3. The minimum Gasteiger partial charge on any atom is -0.351 e. The van der Waals surface area contributed by atoms with Crippen molar-refractivity contribution in [3.8, 4) is 0 Å². The van der Waals surface area contributed by atoms with E-state index in [1.54, 1.807) is 35.2 Å². The van der Waals surface area contributed by atoms with Crippen LogP contribution in [0.25, 0.3) is 0 Å². The summed E-state index contributed by atoms with van der Waals surface area (Å²) >= 11 is 1.37. The summed E-state index contributed by atoms with van der Waals surface area (Å²) in [7, 11) is 0. The molecule has 182 valence electrons. The quantitative estimate of drug-likeness (QED) is 0.628. The minimum atomic E-state index is -0.499. The van der Waals surface area contributed by atoms with Crippen molar-refractivity contribution in [1.29, 1.82) is 0 Å². The van der Waals surface area contributed by atoms with Crippen LogP contribution in [0.2, 0.25) is 0 Å². The number of carbonyl (C=O) groups excluding carboxylic acids is 3. The van der Waals surface area contributed by atoms with Crippen LogP contribution < -0.4 is 5.32 Å². The molecule has 1 aliphatic carbocycles. The summed E-state index contributed by atoms with van der Waals surface area (Å²) in [5, 5.41) is 3.04. The molecule has 1 saturated carbocycles. The van der Waals surface area contributed by atoms with Crippen molar-refractivity contribution in [2.24, 2.45) is 4.99 Å². The molecule has 2 heterocycles. The van der Waals surface area contributed by atoms with E-state index in [9.17, 15) is 18.8 Å². The van der Waals surface area contributed by atoms with Crippen molar-refractivity contribution < 1.29 is 18.8 Å². The van der Waals surface area contributed by atoms with E-state index in [-0.39, 0.29) is 36.0 Å². The van der Waals surface area contributed by atoms with Gasteiger partial charge in [0.15, 0.2) is 5.17 Å². The van der Waals surface area contributed by atoms with Crippen LogP contribution in [0.4, 0.5) is 10.1 Å². The molecule has 9 heteroatoms. The predicted octanol–water partition coefficient (Wildman–Crippen LogP) is 4.05. The maximum atomic E-state index is 13.6. The molecule has 2 aromatic carbocycles. The van der Waals surface area contributed by atoms with E-state index in [0.717, 1.165) is 49.5 Å². The number of hydrogen-bond acceptors (Lipinski definition) is 5. The highest BCUT2D eigenvalue weighted by atomic mass is 32.2. The molecule has 7 nitrogen and oxygen atoms in total. The first kappa shape index (κ1) is 23.5. The molecule has 0 spiro atoms. The second kappa shape index (κ2) is 10.2. The topological polar surface area (TPSA) is 82.1 Å². The maximum Gasteiger partial charge on any atom is 0.262 e. The first-order valence-corrected chi connectivity index (χ1v) is 12.8. The van der Waals surface area contributed by atoms with E-state index in [2.05, 4.69) is 15.2 Å². The molecule has 0 aromatic heterocycles. The molecule has 1 atom stereocenters. The van der Waals surface area contributed by atoms with E-state index >= 15 is 0 Å². The van der Waals surface area contributed by atoms with Gasteiger partial charge < -0.3 is 15.1 Å². The van der Waals surface area contributed by atoms with Gasteiger partial charge in [0.2, 0.25) is 5.91 Å². The number of likely N-dealkylation sites (tertiary alicyclic amines) is 1. The molecule has 35 heavy (non-hydrogen) atoms. The molecule has 0 bridgehead atoms. The Morgan fingerprint density at radius 3 is 2.54 bits per heavy atom. The first-order valence-electron chi connectivity index (χ1n) is 12.0. The molecule has 3 amide bonds. The number of hydrogen-bond donors (Lipinski definition) is 1. The van der Waals surface area contributed by atoms with Gasteiger partial charge in [0, 0.05) is 43.3 Å². The van der Waals surface area contributed by atoms with Crippen molar-refractivity contribution in [1.82, 2.24) is 9.80 Å². The molecule has 5 rings (SSSR count). The Labute approximate surface area is 207 Å². The number of benzene rings is 2. The summed E-state index contributed by atoms with van der Waals surface area (Å²) < 4.78 is 13.6. The number of amides is 3. The number of rotatable bonds is 7. The molecule has 2 aliphatic heterocycles. The zero-order chi connectivity index (χ0) is 24.4. The highest BCUT2D eigenvalue weighted by molar-refractivity contribution is 8.15. The van der Waals surface area contributed by atoms with Gasteiger partial charge >= 0.3 is 0 Å². The number of nitrogens with one attached hydrogen (secondary N) is 1. The lowest BCUT2D eigenvalue weighted by atomic mass is 10.1. The Morgan fingerprint density at radius 1 is 1.11 bits per heavy atom.